The lowest BCUT2D eigenvalue weighted by molar-refractivity contribution is 0.0526. The van der Waals surface area contributed by atoms with Gasteiger partial charge in [0.05, 0.1) is 29.7 Å². The van der Waals surface area contributed by atoms with Crippen LogP contribution in [0, 0.1) is 6.92 Å². The van der Waals surface area contributed by atoms with Gasteiger partial charge in [-0.05, 0) is 43.7 Å². The molecule has 0 atom stereocenters. The van der Waals surface area contributed by atoms with Gasteiger partial charge >= 0.3 is 5.97 Å². The third-order valence-electron chi connectivity index (χ3n) is 2.81. The highest BCUT2D eigenvalue weighted by Crippen LogP contribution is 2.23. The summed E-state index contributed by atoms with van der Waals surface area (Å²) in [5.74, 6) is -0.320. The predicted molar refractivity (Wildman–Crippen MR) is 74.8 cm³/mol. The van der Waals surface area contributed by atoms with Crippen LogP contribution in [0.5, 0.6) is 0 Å². The SMILES string of the molecule is CCOC(=O)c1ccc(C)c(-c2ccc(N)cn2)c1. The summed E-state index contributed by atoms with van der Waals surface area (Å²) >= 11 is 0. The summed E-state index contributed by atoms with van der Waals surface area (Å²) in [6.07, 6.45) is 1.60. The number of nitrogens with two attached hydrogens (primary N) is 1. The fourth-order valence-corrected chi connectivity index (χ4v) is 1.80. The summed E-state index contributed by atoms with van der Waals surface area (Å²) in [6, 6.07) is 9.07. The molecule has 0 aliphatic carbocycles. The molecular formula is C15H16N2O2. The van der Waals surface area contributed by atoms with Crippen molar-refractivity contribution in [1.29, 1.82) is 0 Å². The first-order valence-electron chi connectivity index (χ1n) is 6.11. The van der Waals surface area contributed by atoms with Gasteiger partial charge in [0.25, 0.3) is 0 Å². The number of nitrogens with zero attached hydrogens (tertiary/aromatic N) is 1. The minimum atomic E-state index is -0.320. The number of esters is 1. The normalized spacial score (nSPS) is 10.2. The van der Waals surface area contributed by atoms with Gasteiger partial charge in [-0.3, -0.25) is 4.98 Å². The Bertz CT molecular complexity index is 592. The molecule has 0 aliphatic rings. The molecule has 2 rings (SSSR count). The number of pyridine rings is 1. The minimum Gasteiger partial charge on any atom is -0.462 e. The van der Waals surface area contributed by atoms with Crippen molar-refractivity contribution < 1.29 is 9.53 Å². The van der Waals surface area contributed by atoms with Crippen molar-refractivity contribution in [2.75, 3.05) is 12.3 Å². The zero-order chi connectivity index (χ0) is 13.8. The van der Waals surface area contributed by atoms with E-state index in [-0.39, 0.29) is 5.97 Å². The van der Waals surface area contributed by atoms with Crippen molar-refractivity contribution >= 4 is 11.7 Å². The second kappa shape index (κ2) is 5.52. The van der Waals surface area contributed by atoms with Crippen LogP contribution in [0.25, 0.3) is 11.3 Å². The molecule has 0 bridgehead atoms. The summed E-state index contributed by atoms with van der Waals surface area (Å²) in [5, 5.41) is 0. The topological polar surface area (TPSA) is 65.2 Å². The van der Waals surface area contributed by atoms with Crippen molar-refractivity contribution in [1.82, 2.24) is 4.98 Å². The fraction of sp³-hybridized carbons (Fsp3) is 0.200. The van der Waals surface area contributed by atoms with Crippen molar-refractivity contribution in [3.8, 4) is 11.3 Å². The van der Waals surface area contributed by atoms with Crippen LogP contribution in [-0.2, 0) is 4.74 Å². The average Bonchev–Trinajstić information content (AvgIpc) is 2.41. The lowest BCUT2D eigenvalue weighted by atomic mass is 10.0. The van der Waals surface area contributed by atoms with E-state index in [1.807, 2.05) is 19.1 Å². The molecule has 0 radical (unpaired) electrons. The summed E-state index contributed by atoms with van der Waals surface area (Å²) in [5.41, 5.74) is 9.51. The van der Waals surface area contributed by atoms with Gasteiger partial charge in [0.1, 0.15) is 0 Å². The van der Waals surface area contributed by atoms with Gasteiger partial charge in [0.2, 0.25) is 0 Å². The number of nitrogen functional groups attached to an aromatic ring is 1. The molecule has 0 saturated heterocycles. The number of aryl methyl sites for hydroxylation is 1. The molecule has 19 heavy (non-hydrogen) atoms. The first kappa shape index (κ1) is 13.1. The fourth-order valence-electron chi connectivity index (χ4n) is 1.80. The molecule has 2 N–H and O–H groups in total. The largest absolute Gasteiger partial charge is 0.462 e. The molecular weight excluding hydrogens is 240 g/mol. The van der Waals surface area contributed by atoms with E-state index in [9.17, 15) is 4.79 Å². The predicted octanol–water partition coefficient (Wildman–Crippen LogP) is 2.82. The van der Waals surface area contributed by atoms with E-state index < -0.39 is 0 Å². The summed E-state index contributed by atoms with van der Waals surface area (Å²) in [6.45, 7) is 4.12. The summed E-state index contributed by atoms with van der Waals surface area (Å²) in [7, 11) is 0. The van der Waals surface area contributed by atoms with Gasteiger partial charge in [-0.25, -0.2) is 4.79 Å². The van der Waals surface area contributed by atoms with Gasteiger partial charge in [-0.1, -0.05) is 6.07 Å². The molecule has 2 aromatic rings. The smallest absolute Gasteiger partial charge is 0.338 e. The number of hydrogen-bond acceptors (Lipinski definition) is 4. The van der Waals surface area contributed by atoms with E-state index in [1.54, 1.807) is 31.3 Å². The average molecular weight is 256 g/mol. The zero-order valence-electron chi connectivity index (χ0n) is 11.0. The molecule has 4 nitrogen and oxygen atoms in total. The third kappa shape index (κ3) is 2.91. The standard InChI is InChI=1S/C15H16N2O2/c1-3-19-15(18)11-5-4-10(2)13(8-11)14-7-6-12(16)9-17-14/h4-9H,3,16H2,1-2H3. The van der Waals surface area contributed by atoms with Crippen LogP contribution in [-0.4, -0.2) is 17.6 Å². The maximum atomic E-state index is 11.7. The number of ether oxygens (including phenoxy) is 1. The van der Waals surface area contributed by atoms with E-state index in [0.717, 1.165) is 16.8 Å². The Kier molecular flexibility index (Phi) is 3.80. The monoisotopic (exact) mass is 256 g/mol. The number of rotatable bonds is 3. The van der Waals surface area contributed by atoms with Crippen molar-refractivity contribution in [3.05, 3.63) is 47.7 Å². The van der Waals surface area contributed by atoms with Crippen LogP contribution in [0.2, 0.25) is 0 Å². The number of benzene rings is 1. The highest BCUT2D eigenvalue weighted by Gasteiger charge is 2.10. The van der Waals surface area contributed by atoms with Crippen molar-refractivity contribution in [3.63, 3.8) is 0 Å². The highest BCUT2D eigenvalue weighted by molar-refractivity contribution is 5.91. The Morgan fingerprint density at radius 3 is 2.74 bits per heavy atom. The molecule has 4 heteroatoms. The molecule has 0 spiro atoms. The van der Waals surface area contributed by atoms with Crippen LogP contribution in [0.3, 0.4) is 0 Å². The first-order chi connectivity index (χ1) is 9.11. The molecule has 98 valence electrons. The van der Waals surface area contributed by atoms with Crippen LogP contribution >= 0.6 is 0 Å². The van der Waals surface area contributed by atoms with E-state index in [0.29, 0.717) is 17.9 Å². The molecule has 0 amide bonds. The van der Waals surface area contributed by atoms with Crippen molar-refractivity contribution in [2.24, 2.45) is 0 Å². The third-order valence-corrected chi connectivity index (χ3v) is 2.81. The van der Waals surface area contributed by atoms with Crippen LogP contribution < -0.4 is 5.73 Å². The maximum Gasteiger partial charge on any atom is 0.338 e. The van der Waals surface area contributed by atoms with Gasteiger partial charge in [-0.2, -0.15) is 0 Å². The zero-order valence-corrected chi connectivity index (χ0v) is 11.0. The highest BCUT2D eigenvalue weighted by atomic mass is 16.5. The van der Waals surface area contributed by atoms with Gasteiger partial charge in [0, 0.05) is 5.56 Å². The van der Waals surface area contributed by atoms with E-state index >= 15 is 0 Å². The van der Waals surface area contributed by atoms with Gasteiger partial charge in [0.15, 0.2) is 0 Å². The summed E-state index contributed by atoms with van der Waals surface area (Å²) in [4.78, 5) is 16.0. The molecule has 0 unspecified atom stereocenters. The van der Waals surface area contributed by atoms with Gasteiger partial charge in [-0.15, -0.1) is 0 Å². The van der Waals surface area contributed by atoms with Crippen LogP contribution in [0.1, 0.15) is 22.8 Å². The minimum absolute atomic E-state index is 0.320. The Balaban J connectivity index is 2.42. The van der Waals surface area contributed by atoms with Crippen molar-refractivity contribution in [2.45, 2.75) is 13.8 Å². The quantitative estimate of drug-likeness (QED) is 0.857. The molecule has 1 heterocycles. The van der Waals surface area contributed by atoms with Crippen LogP contribution in [0.4, 0.5) is 5.69 Å². The van der Waals surface area contributed by atoms with E-state index in [1.165, 1.54) is 0 Å². The Morgan fingerprint density at radius 1 is 1.32 bits per heavy atom. The van der Waals surface area contributed by atoms with E-state index in [2.05, 4.69) is 4.98 Å². The van der Waals surface area contributed by atoms with E-state index in [4.69, 9.17) is 10.5 Å². The molecule has 0 saturated carbocycles. The second-order valence-electron chi connectivity index (χ2n) is 4.23. The lowest BCUT2D eigenvalue weighted by Gasteiger charge is -2.08. The first-order valence-corrected chi connectivity index (χ1v) is 6.11. The number of anilines is 1. The Labute approximate surface area is 112 Å². The van der Waals surface area contributed by atoms with Crippen LogP contribution in [0.15, 0.2) is 36.5 Å². The number of hydrogen-bond donors (Lipinski definition) is 1. The summed E-state index contributed by atoms with van der Waals surface area (Å²) < 4.78 is 5.00. The molecule has 1 aromatic heterocycles. The Morgan fingerprint density at radius 2 is 2.11 bits per heavy atom. The van der Waals surface area contributed by atoms with Gasteiger partial charge < -0.3 is 10.5 Å². The molecule has 0 aliphatic heterocycles. The Hall–Kier alpha value is -2.36. The second-order valence-corrected chi connectivity index (χ2v) is 4.23. The lowest BCUT2D eigenvalue weighted by Crippen LogP contribution is -2.05. The number of carbonyl (C=O) groups is 1. The maximum absolute atomic E-state index is 11.7. The molecule has 0 fully saturated rings. The molecule has 1 aromatic carbocycles. The number of carbonyl (C=O) groups excluding carboxylic acids is 1. The number of aromatic nitrogens is 1.